The molecule has 0 saturated heterocycles. The Kier molecular flexibility index (Phi) is 7.11. The van der Waals surface area contributed by atoms with E-state index in [4.69, 9.17) is 5.73 Å². The van der Waals surface area contributed by atoms with E-state index in [0.717, 1.165) is 31.4 Å². The van der Waals surface area contributed by atoms with Gasteiger partial charge in [0.15, 0.2) is 0 Å². The molecule has 0 spiro atoms. The van der Waals surface area contributed by atoms with E-state index < -0.39 is 0 Å². The predicted molar refractivity (Wildman–Crippen MR) is 60.0 cm³/mol. The molecule has 82 valence electrons. The molecule has 3 heteroatoms. The third kappa shape index (κ3) is 6.66. The fraction of sp³-hybridized carbons (Fsp3) is 0.727. The number of unbranched alkanes of at least 4 members (excludes halogenated alkanes) is 2. The molecule has 0 fully saturated rings. The lowest BCUT2D eigenvalue weighted by Crippen LogP contribution is -2.27. The van der Waals surface area contributed by atoms with Crippen LogP contribution < -0.4 is 5.73 Å². The van der Waals surface area contributed by atoms with Crippen LogP contribution in [0.4, 0.5) is 0 Å². The van der Waals surface area contributed by atoms with E-state index in [1.54, 1.807) is 4.90 Å². The van der Waals surface area contributed by atoms with Crippen LogP contribution in [0.25, 0.3) is 0 Å². The number of hydrogen-bond donors (Lipinski definition) is 1. The fourth-order valence-electron chi connectivity index (χ4n) is 1.28. The Morgan fingerprint density at radius 2 is 2.00 bits per heavy atom. The lowest BCUT2D eigenvalue weighted by molar-refractivity contribution is -0.129. The Morgan fingerprint density at radius 1 is 1.36 bits per heavy atom. The number of amides is 1. The number of likely N-dealkylation sites (N-methyl/N-ethyl adjacent to an activating group) is 1. The second kappa shape index (κ2) is 7.56. The standard InChI is InChI=1S/C11H22N2O/c1-10(2)9-13(3)11(14)7-5-4-6-8-12/h1,4-9,12H2,2-3H3. The van der Waals surface area contributed by atoms with E-state index in [1.165, 1.54) is 0 Å². The molecular weight excluding hydrogens is 176 g/mol. The molecule has 0 radical (unpaired) electrons. The number of nitrogens with two attached hydrogens (primary N) is 1. The molecule has 0 aliphatic carbocycles. The highest BCUT2D eigenvalue weighted by Crippen LogP contribution is 2.03. The first-order valence-electron chi connectivity index (χ1n) is 5.16. The maximum absolute atomic E-state index is 11.5. The third-order valence-corrected chi connectivity index (χ3v) is 2.03. The van der Waals surface area contributed by atoms with Gasteiger partial charge >= 0.3 is 0 Å². The number of nitrogens with zero attached hydrogens (tertiary/aromatic N) is 1. The number of carbonyl (C=O) groups is 1. The molecule has 0 aliphatic heterocycles. The molecule has 0 rings (SSSR count). The molecule has 2 N–H and O–H groups in total. The Hall–Kier alpha value is -0.830. The quantitative estimate of drug-likeness (QED) is 0.498. The largest absolute Gasteiger partial charge is 0.342 e. The van der Waals surface area contributed by atoms with Gasteiger partial charge in [-0.3, -0.25) is 4.79 Å². The van der Waals surface area contributed by atoms with E-state index in [9.17, 15) is 4.79 Å². The molecule has 0 heterocycles. The second-order valence-corrected chi connectivity index (χ2v) is 3.81. The average Bonchev–Trinajstić information content (AvgIpc) is 2.11. The predicted octanol–water partition coefficient (Wildman–Crippen LogP) is 1.54. The zero-order valence-electron chi connectivity index (χ0n) is 9.38. The summed E-state index contributed by atoms with van der Waals surface area (Å²) in [5, 5.41) is 0. The molecular formula is C11H22N2O. The van der Waals surface area contributed by atoms with Crippen LogP contribution in [0.3, 0.4) is 0 Å². The van der Waals surface area contributed by atoms with E-state index in [0.29, 0.717) is 13.0 Å². The summed E-state index contributed by atoms with van der Waals surface area (Å²) in [5.41, 5.74) is 6.38. The van der Waals surface area contributed by atoms with Gasteiger partial charge < -0.3 is 10.6 Å². The summed E-state index contributed by atoms with van der Waals surface area (Å²) in [6.45, 7) is 7.09. The van der Waals surface area contributed by atoms with Gasteiger partial charge in [0, 0.05) is 20.0 Å². The van der Waals surface area contributed by atoms with Gasteiger partial charge in [0.1, 0.15) is 0 Å². The van der Waals surface area contributed by atoms with E-state index in [1.807, 2.05) is 14.0 Å². The summed E-state index contributed by atoms with van der Waals surface area (Å²) in [6, 6.07) is 0. The molecule has 0 bridgehead atoms. The van der Waals surface area contributed by atoms with Crippen molar-refractivity contribution in [3.8, 4) is 0 Å². The molecule has 0 aromatic rings. The van der Waals surface area contributed by atoms with E-state index >= 15 is 0 Å². The maximum Gasteiger partial charge on any atom is 0.222 e. The van der Waals surface area contributed by atoms with E-state index in [2.05, 4.69) is 6.58 Å². The molecule has 14 heavy (non-hydrogen) atoms. The Morgan fingerprint density at radius 3 is 2.50 bits per heavy atom. The van der Waals surface area contributed by atoms with Gasteiger partial charge in [0.05, 0.1) is 0 Å². The summed E-state index contributed by atoms with van der Waals surface area (Å²) in [6.07, 6.45) is 3.63. The molecule has 0 atom stereocenters. The van der Waals surface area contributed by atoms with Crippen LogP contribution in [-0.2, 0) is 4.79 Å². The van der Waals surface area contributed by atoms with Gasteiger partial charge in [-0.15, -0.1) is 0 Å². The summed E-state index contributed by atoms with van der Waals surface area (Å²) in [4.78, 5) is 13.2. The summed E-state index contributed by atoms with van der Waals surface area (Å²) in [5.74, 6) is 0.199. The molecule has 0 aromatic carbocycles. The van der Waals surface area contributed by atoms with Crippen LogP contribution in [0, 0.1) is 0 Å². The van der Waals surface area contributed by atoms with Crippen LogP contribution >= 0.6 is 0 Å². The van der Waals surface area contributed by atoms with Crippen molar-refractivity contribution < 1.29 is 4.79 Å². The molecule has 3 nitrogen and oxygen atoms in total. The zero-order chi connectivity index (χ0) is 11.0. The van der Waals surface area contributed by atoms with E-state index in [-0.39, 0.29) is 5.91 Å². The van der Waals surface area contributed by atoms with Gasteiger partial charge in [-0.25, -0.2) is 0 Å². The van der Waals surface area contributed by atoms with Crippen molar-refractivity contribution in [2.75, 3.05) is 20.1 Å². The van der Waals surface area contributed by atoms with Crippen molar-refractivity contribution in [2.45, 2.75) is 32.6 Å². The van der Waals surface area contributed by atoms with Crippen LogP contribution in [0.15, 0.2) is 12.2 Å². The SMILES string of the molecule is C=C(C)CN(C)C(=O)CCCCCN. The summed E-state index contributed by atoms with van der Waals surface area (Å²) >= 11 is 0. The lowest BCUT2D eigenvalue weighted by Gasteiger charge is -2.16. The highest BCUT2D eigenvalue weighted by atomic mass is 16.2. The molecule has 0 aliphatic rings. The highest BCUT2D eigenvalue weighted by Gasteiger charge is 2.07. The molecule has 0 unspecified atom stereocenters. The first-order chi connectivity index (χ1) is 6.57. The van der Waals surface area contributed by atoms with Crippen LogP contribution in [0.1, 0.15) is 32.6 Å². The van der Waals surface area contributed by atoms with Crippen molar-refractivity contribution in [3.63, 3.8) is 0 Å². The van der Waals surface area contributed by atoms with Gasteiger partial charge in [0.25, 0.3) is 0 Å². The fourth-order valence-corrected chi connectivity index (χ4v) is 1.28. The Labute approximate surface area is 87.0 Å². The number of carbonyl (C=O) groups excluding carboxylic acids is 1. The topological polar surface area (TPSA) is 46.3 Å². The second-order valence-electron chi connectivity index (χ2n) is 3.81. The van der Waals surface area contributed by atoms with Gasteiger partial charge in [-0.05, 0) is 26.3 Å². The van der Waals surface area contributed by atoms with Crippen LogP contribution in [-0.4, -0.2) is 30.9 Å². The molecule has 0 saturated carbocycles. The van der Waals surface area contributed by atoms with Crippen molar-refractivity contribution >= 4 is 5.91 Å². The Bertz CT molecular complexity index is 190. The lowest BCUT2D eigenvalue weighted by atomic mass is 10.2. The minimum atomic E-state index is 0.199. The van der Waals surface area contributed by atoms with Gasteiger partial charge in [0.2, 0.25) is 5.91 Å². The highest BCUT2D eigenvalue weighted by molar-refractivity contribution is 5.76. The first kappa shape index (κ1) is 13.2. The summed E-state index contributed by atoms with van der Waals surface area (Å²) < 4.78 is 0. The average molecular weight is 198 g/mol. The third-order valence-electron chi connectivity index (χ3n) is 2.03. The smallest absolute Gasteiger partial charge is 0.222 e. The van der Waals surface area contributed by atoms with Crippen molar-refractivity contribution in [1.82, 2.24) is 4.90 Å². The molecule has 0 aromatic heterocycles. The first-order valence-corrected chi connectivity index (χ1v) is 5.16. The minimum Gasteiger partial charge on any atom is -0.342 e. The number of rotatable bonds is 7. The van der Waals surface area contributed by atoms with Crippen molar-refractivity contribution in [3.05, 3.63) is 12.2 Å². The van der Waals surface area contributed by atoms with Crippen molar-refractivity contribution in [2.24, 2.45) is 5.73 Å². The Balaban J connectivity index is 3.57. The molecule has 1 amide bonds. The van der Waals surface area contributed by atoms with Crippen LogP contribution in [0.5, 0.6) is 0 Å². The number of hydrogen-bond acceptors (Lipinski definition) is 2. The van der Waals surface area contributed by atoms with Gasteiger partial charge in [-0.2, -0.15) is 0 Å². The van der Waals surface area contributed by atoms with Crippen molar-refractivity contribution in [1.29, 1.82) is 0 Å². The monoisotopic (exact) mass is 198 g/mol. The maximum atomic E-state index is 11.5. The zero-order valence-corrected chi connectivity index (χ0v) is 9.38. The van der Waals surface area contributed by atoms with Gasteiger partial charge in [-0.1, -0.05) is 18.6 Å². The minimum absolute atomic E-state index is 0.199. The van der Waals surface area contributed by atoms with Crippen LogP contribution in [0.2, 0.25) is 0 Å². The normalized spacial score (nSPS) is 9.93. The summed E-state index contributed by atoms with van der Waals surface area (Å²) in [7, 11) is 1.82.